The maximum absolute atomic E-state index is 11.7. The van der Waals surface area contributed by atoms with Crippen LogP contribution < -0.4 is 5.32 Å². The minimum atomic E-state index is -0.126. The SMILES string of the molecule is CCN(CC)C(=O)CNC(=O)CSc1ccc(Br)cc1. The Morgan fingerprint density at radius 3 is 2.35 bits per heavy atom. The summed E-state index contributed by atoms with van der Waals surface area (Å²) in [6.07, 6.45) is 0. The predicted octanol–water partition coefficient (Wildman–Crippen LogP) is 2.53. The summed E-state index contributed by atoms with van der Waals surface area (Å²) in [6.45, 7) is 5.25. The molecule has 4 nitrogen and oxygen atoms in total. The number of likely N-dealkylation sites (N-methyl/N-ethyl adjacent to an activating group) is 1. The molecule has 0 bridgehead atoms. The van der Waals surface area contributed by atoms with Gasteiger partial charge < -0.3 is 10.2 Å². The summed E-state index contributed by atoms with van der Waals surface area (Å²) in [7, 11) is 0. The average Bonchev–Trinajstić information content (AvgIpc) is 2.45. The van der Waals surface area contributed by atoms with Crippen LogP contribution in [0.2, 0.25) is 0 Å². The first-order valence-corrected chi connectivity index (χ1v) is 8.27. The van der Waals surface area contributed by atoms with Crippen molar-refractivity contribution in [2.75, 3.05) is 25.4 Å². The molecule has 0 aromatic heterocycles. The standard InChI is InChI=1S/C14H19BrN2O2S/c1-3-17(4-2)14(19)9-16-13(18)10-20-12-7-5-11(15)6-8-12/h5-8H,3-4,9-10H2,1-2H3,(H,16,18). The summed E-state index contributed by atoms with van der Waals surface area (Å²) in [5.74, 6) is 0.142. The van der Waals surface area contributed by atoms with Crippen LogP contribution in [0.1, 0.15) is 13.8 Å². The lowest BCUT2D eigenvalue weighted by Crippen LogP contribution is -2.40. The topological polar surface area (TPSA) is 49.4 Å². The minimum absolute atomic E-state index is 0.0445. The van der Waals surface area contributed by atoms with Crippen LogP contribution >= 0.6 is 27.7 Å². The summed E-state index contributed by atoms with van der Waals surface area (Å²) < 4.78 is 1.01. The number of hydrogen-bond acceptors (Lipinski definition) is 3. The third kappa shape index (κ3) is 5.96. The summed E-state index contributed by atoms with van der Waals surface area (Å²) in [5.41, 5.74) is 0. The van der Waals surface area contributed by atoms with E-state index in [1.165, 1.54) is 11.8 Å². The molecule has 0 radical (unpaired) electrons. The van der Waals surface area contributed by atoms with Crippen molar-refractivity contribution in [2.45, 2.75) is 18.7 Å². The highest BCUT2D eigenvalue weighted by Crippen LogP contribution is 2.20. The Morgan fingerprint density at radius 1 is 1.20 bits per heavy atom. The van der Waals surface area contributed by atoms with E-state index in [1.807, 2.05) is 38.1 Å². The molecule has 1 aromatic rings. The van der Waals surface area contributed by atoms with Crippen LogP contribution in [0.4, 0.5) is 0 Å². The molecule has 0 aliphatic rings. The molecule has 0 spiro atoms. The zero-order chi connectivity index (χ0) is 15.0. The Morgan fingerprint density at radius 2 is 1.80 bits per heavy atom. The molecule has 1 N–H and O–H groups in total. The van der Waals surface area contributed by atoms with E-state index < -0.39 is 0 Å². The molecule has 110 valence electrons. The van der Waals surface area contributed by atoms with Crippen LogP contribution in [-0.2, 0) is 9.59 Å². The molecule has 0 fully saturated rings. The van der Waals surface area contributed by atoms with E-state index in [9.17, 15) is 9.59 Å². The Labute approximate surface area is 132 Å². The summed E-state index contributed by atoms with van der Waals surface area (Å²) in [6, 6.07) is 7.76. The van der Waals surface area contributed by atoms with Crippen molar-refractivity contribution in [3.63, 3.8) is 0 Å². The van der Waals surface area contributed by atoms with Crippen molar-refractivity contribution in [1.29, 1.82) is 0 Å². The van der Waals surface area contributed by atoms with Gasteiger partial charge in [-0.3, -0.25) is 9.59 Å². The molecule has 20 heavy (non-hydrogen) atoms. The first kappa shape index (κ1) is 17.0. The lowest BCUT2D eigenvalue weighted by molar-refractivity contribution is -0.132. The van der Waals surface area contributed by atoms with Crippen molar-refractivity contribution in [3.05, 3.63) is 28.7 Å². The van der Waals surface area contributed by atoms with Gasteiger partial charge >= 0.3 is 0 Å². The smallest absolute Gasteiger partial charge is 0.241 e. The van der Waals surface area contributed by atoms with E-state index in [4.69, 9.17) is 0 Å². The number of carbonyl (C=O) groups excluding carboxylic acids is 2. The van der Waals surface area contributed by atoms with Crippen LogP contribution in [-0.4, -0.2) is 42.1 Å². The highest BCUT2D eigenvalue weighted by atomic mass is 79.9. The van der Waals surface area contributed by atoms with Gasteiger partial charge in [-0.1, -0.05) is 15.9 Å². The number of thioether (sulfide) groups is 1. The van der Waals surface area contributed by atoms with Crippen molar-refractivity contribution in [1.82, 2.24) is 10.2 Å². The van der Waals surface area contributed by atoms with E-state index >= 15 is 0 Å². The summed E-state index contributed by atoms with van der Waals surface area (Å²) in [5, 5.41) is 2.65. The minimum Gasteiger partial charge on any atom is -0.346 e. The number of hydrogen-bond donors (Lipinski definition) is 1. The van der Waals surface area contributed by atoms with Crippen molar-refractivity contribution < 1.29 is 9.59 Å². The molecule has 2 amide bonds. The van der Waals surface area contributed by atoms with Gasteiger partial charge in [0.25, 0.3) is 0 Å². The van der Waals surface area contributed by atoms with E-state index in [0.29, 0.717) is 18.8 Å². The maximum atomic E-state index is 11.7. The number of halogens is 1. The molecule has 6 heteroatoms. The van der Waals surface area contributed by atoms with Gasteiger partial charge in [-0.15, -0.1) is 11.8 Å². The van der Waals surface area contributed by atoms with Gasteiger partial charge in [-0.05, 0) is 38.1 Å². The lowest BCUT2D eigenvalue weighted by Gasteiger charge is -2.18. The lowest BCUT2D eigenvalue weighted by atomic mass is 10.4. The Bertz CT molecular complexity index is 447. The van der Waals surface area contributed by atoms with Crippen LogP contribution in [0.25, 0.3) is 0 Å². The molecule has 0 unspecified atom stereocenters. The zero-order valence-electron chi connectivity index (χ0n) is 11.7. The average molecular weight is 359 g/mol. The molecular weight excluding hydrogens is 340 g/mol. The fourth-order valence-corrected chi connectivity index (χ4v) is 2.59. The number of nitrogens with one attached hydrogen (secondary N) is 1. The first-order valence-electron chi connectivity index (χ1n) is 6.49. The zero-order valence-corrected chi connectivity index (χ0v) is 14.1. The normalized spacial score (nSPS) is 10.2. The maximum Gasteiger partial charge on any atom is 0.241 e. The molecule has 0 atom stereocenters. The van der Waals surface area contributed by atoms with Gasteiger partial charge in [0.2, 0.25) is 11.8 Å². The highest BCUT2D eigenvalue weighted by Gasteiger charge is 2.11. The Hall–Kier alpha value is -1.01. The quantitative estimate of drug-likeness (QED) is 0.762. The molecule has 0 saturated heterocycles. The predicted molar refractivity (Wildman–Crippen MR) is 85.8 cm³/mol. The summed E-state index contributed by atoms with van der Waals surface area (Å²) in [4.78, 5) is 26.1. The molecule has 1 rings (SSSR count). The summed E-state index contributed by atoms with van der Waals surface area (Å²) >= 11 is 4.81. The second-order valence-corrected chi connectivity index (χ2v) is 6.05. The Kier molecular flexibility index (Phi) is 7.69. The number of carbonyl (C=O) groups is 2. The third-order valence-electron chi connectivity index (χ3n) is 2.74. The molecule has 0 heterocycles. The fraction of sp³-hybridized carbons (Fsp3) is 0.429. The van der Waals surface area contributed by atoms with Crippen LogP contribution in [0, 0.1) is 0 Å². The second kappa shape index (κ2) is 9.02. The van der Waals surface area contributed by atoms with Crippen LogP contribution in [0.5, 0.6) is 0 Å². The molecular formula is C14H19BrN2O2S. The van der Waals surface area contributed by atoms with Gasteiger partial charge in [0.05, 0.1) is 12.3 Å². The number of rotatable bonds is 7. The molecule has 0 aliphatic carbocycles. The van der Waals surface area contributed by atoms with Gasteiger partial charge in [0, 0.05) is 22.5 Å². The Balaban J connectivity index is 2.30. The van der Waals surface area contributed by atoms with E-state index in [-0.39, 0.29) is 18.4 Å². The molecule has 0 aliphatic heterocycles. The van der Waals surface area contributed by atoms with Crippen LogP contribution in [0.3, 0.4) is 0 Å². The highest BCUT2D eigenvalue weighted by molar-refractivity contribution is 9.10. The molecule has 1 aromatic carbocycles. The van der Waals surface area contributed by atoms with Crippen molar-refractivity contribution in [3.8, 4) is 0 Å². The van der Waals surface area contributed by atoms with Gasteiger partial charge in [-0.25, -0.2) is 0 Å². The number of nitrogens with zero attached hydrogens (tertiary/aromatic N) is 1. The first-order chi connectivity index (χ1) is 9.56. The van der Waals surface area contributed by atoms with E-state index in [2.05, 4.69) is 21.2 Å². The van der Waals surface area contributed by atoms with Crippen LogP contribution in [0.15, 0.2) is 33.6 Å². The van der Waals surface area contributed by atoms with Gasteiger partial charge in [-0.2, -0.15) is 0 Å². The van der Waals surface area contributed by atoms with Gasteiger partial charge in [0.1, 0.15) is 0 Å². The largest absolute Gasteiger partial charge is 0.346 e. The van der Waals surface area contributed by atoms with E-state index in [1.54, 1.807) is 4.90 Å². The van der Waals surface area contributed by atoms with Crippen molar-refractivity contribution in [2.24, 2.45) is 0 Å². The van der Waals surface area contributed by atoms with E-state index in [0.717, 1.165) is 9.37 Å². The number of amides is 2. The van der Waals surface area contributed by atoms with Crippen molar-refractivity contribution >= 4 is 39.5 Å². The monoisotopic (exact) mass is 358 g/mol. The molecule has 0 saturated carbocycles. The van der Waals surface area contributed by atoms with Gasteiger partial charge in [0.15, 0.2) is 0 Å². The second-order valence-electron chi connectivity index (χ2n) is 4.09. The number of benzene rings is 1. The fourth-order valence-electron chi connectivity index (χ4n) is 1.59. The third-order valence-corrected chi connectivity index (χ3v) is 4.28.